The van der Waals surface area contributed by atoms with Gasteiger partial charge in [0, 0.05) is 36.2 Å². The van der Waals surface area contributed by atoms with Gasteiger partial charge in [0.25, 0.3) is 5.69 Å². The van der Waals surface area contributed by atoms with E-state index in [4.69, 9.17) is 0 Å². The SMILES string of the molecule is O=C(NC1CCCC1)C(Cc1ccccc1)N(Cc1ccccc1F)C(=O)Cc1ccccc1[N+](=O)[O-]. The lowest BCUT2D eigenvalue weighted by molar-refractivity contribution is -0.385. The summed E-state index contributed by atoms with van der Waals surface area (Å²) in [6.45, 7) is -0.137. The minimum absolute atomic E-state index is 0.0337. The molecule has 1 aliphatic rings. The van der Waals surface area contributed by atoms with E-state index in [2.05, 4.69) is 5.32 Å². The number of carbonyl (C=O) groups excluding carboxylic acids is 2. The molecule has 0 bridgehead atoms. The highest BCUT2D eigenvalue weighted by Crippen LogP contribution is 2.23. The minimum Gasteiger partial charge on any atom is -0.352 e. The number of nitrogens with zero attached hydrogens (tertiary/aromatic N) is 2. The largest absolute Gasteiger partial charge is 0.352 e. The normalized spacial score (nSPS) is 14.2. The molecule has 37 heavy (non-hydrogen) atoms. The average molecular weight is 504 g/mol. The van der Waals surface area contributed by atoms with E-state index in [1.54, 1.807) is 24.3 Å². The third-order valence-corrected chi connectivity index (χ3v) is 6.80. The topological polar surface area (TPSA) is 92.6 Å². The number of benzene rings is 3. The molecule has 0 saturated heterocycles. The Hall–Kier alpha value is -4.07. The van der Waals surface area contributed by atoms with Crippen molar-refractivity contribution in [1.82, 2.24) is 10.2 Å². The lowest BCUT2D eigenvalue weighted by atomic mass is 10.0. The van der Waals surface area contributed by atoms with Gasteiger partial charge in [-0.1, -0.05) is 79.6 Å². The molecule has 3 aromatic rings. The molecule has 1 fully saturated rings. The summed E-state index contributed by atoms with van der Waals surface area (Å²) in [6.07, 6.45) is 3.76. The number of hydrogen-bond donors (Lipinski definition) is 1. The van der Waals surface area contributed by atoms with Gasteiger partial charge in [-0.15, -0.1) is 0 Å². The molecule has 0 heterocycles. The summed E-state index contributed by atoms with van der Waals surface area (Å²) >= 11 is 0. The first-order chi connectivity index (χ1) is 17.9. The van der Waals surface area contributed by atoms with Gasteiger partial charge < -0.3 is 10.2 Å². The maximum atomic E-state index is 14.7. The van der Waals surface area contributed by atoms with Gasteiger partial charge in [-0.2, -0.15) is 0 Å². The molecule has 1 unspecified atom stereocenters. The zero-order valence-electron chi connectivity index (χ0n) is 20.5. The van der Waals surface area contributed by atoms with Crippen LogP contribution >= 0.6 is 0 Å². The van der Waals surface area contributed by atoms with Crippen molar-refractivity contribution in [2.24, 2.45) is 0 Å². The molecule has 2 amide bonds. The summed E-state index contributed by atoms with van der Waals surface area (Å²) < 4.78 is 14.7. The van der Waals surface area contributed by atoms with Crippen LogP contribution in [0.2, 0.25) is 0 Å². The molecule has 0 aromatic heterocycles. The number of hydrogen-bond acceptors (Lipinski definition) is 4. The van der Waals surface area contributed by atoms with E-state index < -0.39 is 22.7 Å². The maximum Gasteiger partial charge on any atom is 0.273 e. The highest BCUT2D eigenvalue weighted by atomic mass is 19.1. The molecule has 4 rings (SSSR count). The average Bonchev–Trinajstić information content (AvgIpc) is 3.41. The van der Waals surface area contributed by atoms with Crippen LogP contribution in [-0.2, 0) is 29.0 Å². The molecule has 0 spiro atoms. The Labute approximate surface area is 215 Å². The summed E-state index contributed by atoms with van der Waals surface area (Å²) in [5.74, 6) is -1.27. The van der Waals surface area contributed by atoms with Gasteiger partial charge in [-0.25, -0.2) is 4.39 Å². The predicted octanol–water partition coefficient (Wildman–Crippen LogP) is 4.98. The molecular formula is C29H30FN3O4. The van der Waals surface area contributed by atoms with E-state index in [9.17, 15) is 24.1 Å². The first-order valence-electron chi connectivity index (χ1n) is 12.5. The summed E-state index contributed by atoms with van der Waals surface area (Å²) in [5, 5.41) is 14.6. The lowest BCUT2D eigenvalue weighted by Gasteiger charge is -2.32. The molecule has 192 valence electrons. The Kier molecular flexibility index (Phi) is 8.61. The maximum absolute atomic E-state index is 14.7. The van der Waals surface area contributed by atoms with E-state index in [1.165, 1.54) is 29.2 Å². The van der Waals surface area contributed by atoms with Crippen LogP contribution in [0.25, 0.3) is 0 Å². The Bertz CT molecular complexity index is 1240. The molecule has 0 radical (unpaired) electrons. The van der Waals surface area contributed by atoms with Crippen LogP contribution < -0.4 is 5.32 Å². The lowest BCUT2D eigenvalue weighted by Crippen LogP contribution is -2.52. The molecular weight excluding hydrogens is 473 g/mol. The van der Waals surface area contributed by atoms with Crippen LogP contribution in [0.3, 0.4) is 0 Å². The number of amides is 2. The van der Waals surface area contributed by atoms with Crippen LogP contribution in [0.1, 0.15) is 42.4 Å². The molecule has 1 saturated carbocycles. The van der Waals surface area contributed by atoms with Gasteiger partial charge in [-0.05, 0) is 24.5 Å². The van der Waals surface area contributed by atoms with Crippen LogP contribution in [0.15, 0.2) is 78.9 Å². The first-order valence-corrected chi connectivity index (χ1v) is 12.5. The second-order valence-electron chi connectivity index (χ2n) is 9.37. The summed E-state index contributed by atoms with van der Waals surface area (Å²) in [7, 11) is 0. The summed E-state index contributed by atoms with van der Waals surface area (Å²) in [4.78, 5) is 39.8. The Morgan fingerprint density at radius 3 is 2.24 bits per heavy atom. The van der Waals surface area contributed by atoms with E-state index in [0.717, 1.165) is 31.2 Å². The molecule has 1 N–H and O–H groups in total. The van der Waals surface area contributed by atoms with Gasteiger partial charge in [0.1, 0.15) is 11.9 Å². The fourth-order valence-electron chi connectivity index (χ4n) is 4.83. The molecule has 1 aliphatic carbocycles. The van der Waals surface area contributed by atoms with E-state index in [0.29, 0.717) is 0 Å². The van der Waals surface area contributed by atoms with Crippen molar-refractivity contribution in [2.45, 2.75) is 57.2 Å². The van der Waals surface area contributed by atoms with Crippen molar-refractivity contribution in [1.29, 1.82) is 0 Å². The molecule has 7 nitrogen and oxygen atoms in total. The fourth-order valence-corrected chi connectivity index (χ4v) is 4.83. The molecule has 8 heteroatoms. The summed E-state index contributed by atoms with van der Waals surface area (Å²) in [6, 6.07) is 20.6. The molecule has 1 atom stereocenters. The Balaban J connectivity index is 1.70. The van der Waals surface area contributed by atoms with Crippen molar-refractivity contribution in [3.8, 4) is 0 Å². The van der Waals surface area contributed by atoms with Gasteiger partial charge >= 0.3 is 0 Å². The van der Waals surface area contributed by atoms with Crippen molar-refractivity contribution >= 4 is 17.5 Å². The van der Waals surface area contributed by atoms with Gasteiger partial charge in [-0.3, -0.25) is 19.7 Å². The number of carbonyl (C=O) groups is 2. The summed E-state index contributed by atoms with van der Waals surface area (Å²) in [5.41, 5.74) is 1.19. The zero-order valence-corrected chi connectivity index (χ0v) is 20.5. The fraction of sp³-hybridized carbons (Fsp3) is 0.310. The number of nitro groups is 1. The Morgan fingerprint density at radius 2 is 1.57 bits per heavy atom. The number of rotatable bonds is 10. The standard InChI is InChI=1S/C29H30FN3O4/c30-25-16-8-4-13-23(25)20-32(28(34)19-22-12-5-9-17-26(22)33(36)37)27(18-21-10-2-1-3-11-21)29(35)31-24-14-6-7-15-24/h1-5,8-13,16-17,24,27H,6-7,14-15,18-20H2,(H,31,35). The van der Waals surface area contributed by atoms with Crippen molar-refractivity contribution < 1.29 is 18.9 Å². The van der Waals surface area contributed by atoms with Crippen LogP contribution in [-0.4, -0.2) is 33.7 Å². The highest BCUT2D eigenvalue weighted by Gasteiger charge is 2.33. The Morgan fingerprint density at radius 1 is 0.946 bits per heavy atom. The predicted molar refractivity (Wildman–Crippen MR) is 138 cm³/mol. The number of nitro benzene ring substituents is 1. The number of nitrogens with one attached hydrogen (secondary N) is 1. The van der Waals surface area contributed by atoms with Gasteiger partial charge in [0.05, 0.1) is 11.3 Å². The van der Waals surface area contributed by atoms with Crippen LogP contribution in [0, 0.1) is 15.9 Å². The van der Waals surface area contributed by atoms with E-state index in [-0.39, 0.29) is 48.1 Å². The molecule has 3 aromatic carbocycles. The second-order valence-corrected chi connectivity index (χ2v) is 9.37. The van der Waals surface area contributed by atoms with Gasteiger partial charge in [0.15, 0.2) is 0 Å². The van der Waals surface area contributed by atoms with Crippen molar-refractivity contribution in [3.63, 3.8) is 0 Å². The quantitative estimate of drug-likeness (QED) is 0.312. The third-order valence-electron chi connectivity index (χ3n) is 6.80. The van der Waals surface area contributed by atoms with E-state index >= 15 is 0 Å². The zero-order chi connectivity index (χ0) is 26.2. The first kappa shape index (κ1) is 26.0. The minimum atomic E-state index is -0.919. The second kappa shape index (κ2) is 12.3. The van der Waals surface area contributed by atoms with Crippen molar-refractivity contribution in [2.75, 3.05) is 0 Å². The van der Waals surface area contributed by atoms with E-state index in [1.807, 2.05) is 30.3 Å². The van der Waals surface area contributed by atoms with Gasteiger partial charge in [0.2, 0.25) is 11.8 Å². The smallest absolute Gasteiger partial charge is 0.273 e. The monoisotopic (exact) mass is 503 g/mol. The third kappa shape index (κ3) is 6.78. The van der Waals surface area contributed by atoms with Crippen LogP contribution in [0.5, 0.6) is 0 Å². The number of halogens is 1. The van der Waals surface area contributed by atoms with Crippen LogP contribution in [0.4, 0.5) is 10.1 Å². The van der Waals surface area contributed by atoms with Crippen molar-refractivity contribution in [3.05, 3.63) is 111 Å². The molecule has 0 aliphatic heterocycles. The highest BCUT2D eigenvalue weighted by molar-refractivity contribution is 5.89. The number of para-hydroxylation sites is 1.